The number of amides is 1. The molecule has 18 heavy (non-hydrogen) atoms. The molecule has 1 aromatic carbocycles. The van der Waals surface area contributed by atoms with Crippen LogP contribution in [0.1, 0.15) is 20.9 Å². The smallest absolute Gasteiger partial charge is 0.251 e. The van der Waals surface area contributed by atoms with Gasteiger partial charge in [0, 0.05) is 36.0 Å². The van der Waals surface area contributed by atoms with Crippen molar-refractivity contribution in [3.63, 3.8) is 0 Å². The van der Waals surface area contributed by atoms with Crippen molar-refractivity contribution in [2.24, 2.45) is 0 Å². The first-order chi connectivity index (χ1) is 8.79. The Morgan fingerprint density at radius 3 is 2.72 bits per heavy atom. The summed E-state index contributed by atoms with van der Waals surface area (Å²) in [7, 11) is 0. The third kappa shape index (κ3) is 3.55. The van der Waals surface area contributed by atoms with Crippen LogP contribution in [0.5, 0.6) is 0 Å². The Morgan fingerprint density at radius 2 is 2.11 bits per heavy atom. The monoisotopic (exact) mass is 280 g/mol. The number of hydrogen-bond acceptors (Lipinski definition) is 3. The average Bonchev–Trinajstić information content (AvgIpc) is 2.92. The van der Waals surface area contributed by atoms with E-state index in [1.807, 2.05) is 17.5 Å². The van der Waals surface area contributed by atoms with Gasteiger partial charge in [-0.3, -0.25) is 4.79 Å². The van der Waals surface area contributed by atoms with Crippen LogP contribution in [0.4, 0.5) is 0 Å². The van der Waals surface area contributed by atoms with Gasteiger partial charge in [-0.1, -0.05) is 12.1 Å². The quantitative estimate of drug-likeness (QED) is 0.856. The molecular weight excluding hydrogens is 268 g/mol. The van der Waals surface area contributed by atoms with Crippen LogP contribution in [-0.4, -0.2) is 17.4 Å². The van der Waals surface area contributed by atoms with Crippen LogP contribution in [-0.2, 0) is 12.3 Å². The first-order valence-corrected chi connectivity index (χ1v) is 7.02. The lowest BCUT2D eigenvalue weighted by atomic mass is 10.1. The number of alkyl halides is 1. The number of nitrogens with zero attached hydrogens (tertiary/aromatic N) is 1. The Bertz CT molecular complexity index is 496. The summed E-state index contributed by atoms with van der Waals surface area (Å²) in [5, 5.41) is 5.84. The second-order valence-corrected chi connectivity index (χ2v) is 5.01. The van der Waals surface area contributed by atoms with Gasteiger partial charge in [0.1, 0.15) is 0 Å². The minimum Gasteiger partial charge on any atom is -0.352 e. The molecular formula is C13H13ClN2OS. The zero-order chi connectivity index (χ0) is 12.8. The molecule has 0 spiro atoms. The zero-order valence-electron chi connectivity index (χ0n) is 9.73. The second kappa shape index (κ2) is 6.52. The van der Waals surface area contributed by atoms with Crippen LogP contribution in [0.15, 0.2) is 35.8 Å². The number of aromatic nitrogens is 1. The SMILES string of the molecule is O=C(NCCc1nccs1)c1ccc(CCl)cc1. The topological polar surface area (TPSA) is 42.0 Å². The third-order valence-corrected chi connectivity index (χ3v) is 3.63. The van der Waals surface area contributed by atoms with E-state index in [0.717, 1.165) is 17.0 Å². The fraction of sp³-hybridized carbons (Fsp3) is 0.231. The molecule has 0 saturated carbocycles. The molecule has 0 radical (unpaired) electrons. The highest BCUT2D eigenvalue weighted by atomic mass is 35.5. The molecule has 0 fully saturated rings. The van der Waals surface area contributed by atoms with Crippen LogP contribution < -0.4 is 5.32 Å². The Morgan fingerprint density at radius 1 is 1.33 bits per heavy atom. The largest absolute Gasteiger partial charge is 0.352 e. The lowest BCUT2D eigenvalue weighted by Gasteiger charge is -2.04. The Balaban J connectivity index is 1.83. The summed E-state index contributed by atoms with van der Waals surface area (Å²) in [5.41, 5.74) is 1.67. The molecule has 3 nitrogen and oxygen atoms in total. The standard InChI is InChI=1S/C13H13ClN2OS/c14-9-10-1-3-11(4-2-10)13(17)16-6-5-12-15-7-8-18-12/h1-4,7-8H,5-6,9H2,(H,16,17). The fourth-order valence-corrected chi connectivity index (χ4v) is 2.31. The van der Waals surface area contributed by atoms with Crippen LogP contribution in [0, 0.1) is 0 Å². The van der Waals surface area contributed by atoms with Gasteiger partial charge in [-0.25, -0.2) is 4.98 Å². The van der Waals surface area contributed by atoms with E-state index in [1.165, 1.54) is 0 Å². The van der Waals surface area contributed by atoms with Crippen molar-refractivity contribution in [3.05, 3.63) is 52.0 Å². The lowest BCUT2D eigenvalue weighted by Crippen LogP contribution is -2.25. The van der Waals surface area contributed by atoms with Crippen molar-refractivity contribution in [3.8, 4) is 0 Å². The summed E-state index contributed by atoms with van der Waals surface area (Å²) in [5.74, 6) is 0.402. The molecule has 0 aliphatic carbocycles. The van der Waals surface area contributed by atoms with Crippen LogP contribution >= 0.6 is 22.9 Å². The maximum absolute atomic E-state index is 11.8. The Labute approximate surface area is 115 Å². The minimum atomic E-state index is -0.0623. The van der Waals surface area contributed by atoms with E-state index in [4.69, 9.17) is 11.6 Å². The molecule has 94 valence electrons. The number of thiazole rings is 1. The molecule has 1 aromatic heterocycles. The van der Waals surface area contributed by atoms with Crippen LogP contribution in [0.25, 0.3) is 0 Å². The summed E-state index contributed by atoms with van der Waals surface area (Å²) >= 11 is 7.29. The number of hydrogen-bond donors (Lipinski definition) is 1. The normalized spacial score (nSPS) is 10.3. The summed E-state index contributed by atoms with van der Waals surface area (Å²) in [6, 6.07) is 7.30. The van der Waals surface area contributed by atoms with Gasteiger partial charge < -0.3 is 5.32 Å². The van der Waals surface area contributed by atoms with E-state index >= 15 is 0 Å². The molecule has 1 heterocycles. The maximum atomic E-state index is 11.8. The first kappa shape index (κ1) is 13.1. The third-order valence-electron chi connectivity index (χ3n) is 2.48. The number of carbonyl (C=O) groups excluding carboxylic acids is 1. The molecule has 0 aliphatic rings. The van der Waals surface area contributed by atoms with Gasteiger partial charge in [0.15, 0.2) is 0 Å². The van der Waals surface area contributed by atoms with Crippen molar-refractivity contribution in [2.45, 2.75) is 12.3 Å². The van der Waals surface area contributed by atoms with Crippen molar-refractivity contribution in [1.29, 1.82) is 0 Å². The van der Waals surface area contributed by atoms with E-state index in [9.17, 15) is 4.79 Å². The summed E-state index contributed by atoms with van der Waals surface area (Å²) in [6.45, 7) is 0.601. The predicted octanol–water partition coefficient (Wildman–Crippen LogP) is 2.85. The van der Waals surface area contributed by atoms with E-state index in [0.29, 0.717) is 18.0 Å². The van der Waals surface area contributed by atoms with Crippen molar-refractivity contribution in [2.75, 3.05) is 6.54 Å². The highest BCUT2D eigenvalue weighted by Crippen LogP contribution is 2.07. The van der Waals surface area contributed by atoms with Gasteiger partial charge in [0.2, 0.25) is 0 Å². The van der Waals surface area contributed by atoms with E-state index < -0.39 is 0 Å². The highest BCUT2D eigenvalue weighted by Gasteiger charge is 2.05. The Kier molecular flexibility index (Phi) is 4.73. The van der Waals surface area contributed by atoms with Crippen molar-refractivity contribution in [1.82, 2.24) is 10.3 Å². The molecule has 0 saturated heterocycles. The van der Waals surface area contributed by atoms with Crippen LogP contribution in [0.3, 0.4) is 0 Å². The summed E-state index contributed by atoms with van der Waals surface area (Å²) in [4.78, 5) is 16.0. The first-order valence-electron chi connectivity index (χ1n) is 5.61. The Hall–Kier alpha value is -1.39. The van der Waals surface area contributed by atoms with Gasteiger partial charge in [0.25, 0.3) is 5.91 Å². The highest BCUT2D eigenvalue weighted by molar-refractivity contribution is 7.09. The fourth-order valence-electron chi connectivity index (χ4n) is 1.51. The molecule has 1 amide bonds. The molecule has 0 aliphatic heterocycles. The summed E-state index contributed by atoms with van der Waals surface area (Å²) < 4.78 is 0. The van der Waals surface area contributed by atoms with E-state index in [-0.39, 0.29) is 5.91 Å². The molecule has 0 unspecified atom stereocenters. The molecule has 2 aromatic rings. The minimum absolute atomic E-state index is 0.0623. The number of benzene rings is 1. The van der Waals surface area contributed by atoms with Gasteiger partial charge in [0.05, 0.1) is 5.01 Å². The lowest BCUT2D eigenvalue weighted by molar-refractivity contribution is 0.0954. The number of rotatable bonds is 5. The molecule has 5 heteroatoms. The van der Waals surface area contributed by atoms with E-state index in [2.05, 4.69) is 10.3 Å². The number of carbonyl (C=O) groups is 1. The summed E-state index contributed by atoms with van der Waals surface area (Å²) in [6.07, 6.45) is 2.54. The van der Waals surface area contributed by atoms with Gasteiger partial charge in [-0.05, 0) is 17.7 Å². The molecule has 0 bridgehead atoms. The molecule has 0 atom stereocenters. The predicted molar refractivity (Wildman–Crippen MR) is 74.2 cm³/mol. The molecule has 2 rings (SSSR count). The van der Waals surface area contributed by atoms with Crippen LogP contribution in [0.2, 0.25) is 0 Å². The number of nitrogens with one attached hydrogen (secondary N) is 1. The number of halogens is 1. The average molecular weight is 281 g/mol. The zero-order valence-corrected chi connectivity index (χ0v) is 11.3. The van der Waals surface area contributed by atoms with E-state index in [1.54, 1.807) is 29.7 Å². The van der Waals surface area contributed by atoms with Crippen molar-refractivity contribution >= 4 is 28.8 Å². The van der Waals surface area contributed by atoms with Gasteiger partial charge >= 0.3 is 0 Å². The van der Waals surface area contributed by atoms with Crippen molar-refractivity contribution < 1.29 is 4.79 Å². The maximum Gasteiger partial charge on any atom is 0.251 e. The van der Waals surface area contributed by atoms with Gasteiger partial charge in [-0.2, -0.15) is 0 Å². The van der Waals surface area contributed by atoms with Gasteiger partial charge in [-0.15, -0.1) is 22.9 Å². The second-order valence-electron chi connectivity index (χ2n) is 3.76. The molecule has 1 N–H and O–H groups in total.